The molecule has 1 saturated heterocycles. The zero-order valence-electron chi connectivity index (χ0n) is 26.7. The van der Waals surface area contributed by atoms with Gasteiger partial charge in [-0.3, -0.25) is 4.68 Å². The first kappa shape index (κ1) is 30.3. The van der Waals surface area contributed by atoms with E-state index >= 15 is 0 Å². The van der Waals surface area contributed by atoms with Gasteiger partial charge in [0.05, 0.1) is 18.4 Å². The Labute approximate surface area is 262 Å². The molecule has 2 fully saturated rings. The summed E-state index contributed by atoms with van der Waals surface area (Å²) in [6, 6.07) is 25.2. The van der Waals surface area contributed by atoms with Crippen molar-refractivity contribution in [1.29, 1.82) is 0 Å². The molecule has 3 atom stereocenters. The van der Waals surface area contributed by atoms with Gasteiger partial charge < -0.3 is 14.1 Å². The van der Waals surface area contributed by atoms with E-state index in [4.69, 9.17) is 14.1 Å². The summed E-state index contributed by atoms with van der Waals surface area (Å²) in [4.78, 5) is 20.3. The summed E-state index contributed by atoms with van der Waals surface area (Å²) in [5, 5.41) is 6.94. The molecule has 4 aromatic rings. The molecule has 3 heterocycles. The van der Waals surface area contributed by atoms with Gasteiger partial charge in [0.2, 0.25) is 0 Å². The number of nitrogens with zero attached hydrogens (tertiary/aromatic N) is 4. The molecule has 0 amide bonds. The van der Waals surface area contributed by atoms with E-state index in [1.807, 2.05) is 31.6 Å². The number of esters is 1. The average Bonchev–Trinajstić information content (AvgIpc) is 3.35. The van der Waals surface area contributed by atoms with E-state index in [1.165, 1.54) is 16.8 Å². The van der Waals surface area contributed by atoms with Crippen LogP contribution in [0.15, 0.2) is 91.4 Å². The molecule has 6 rings (SSSR count). The Bertz CT molecular complexity index is 1530. The number of hydrogen-bond donors (Lipinski definition) is 0. The molecule has 1 aliphatic heterocycles. The first-order valence-electron chi connectivity index (χ1n) is 15.7. The van der Waals surface area contributed by atoms with Gasteiger partial charge in [0.1, 0.15) is 17.5 Å². The number of rotatable bonds is 9. The Morgan fingerprint density at radius 3 is 2.02 bits per heavy atom. The lowest BCUT2D eigenvalue weighted by atomic mass is 10.1. The monoisotopic (exact) mass is 608 g/mol. The van der Waals surface area contributed by atoms with E-state index in [0.717, 1.165) is 36.3 Å². The summed E-state index contributed by atoms with van der Waals surface area (Å²) in [5.41, 5.74) is 0.798. The highest BCUT2D eigenvalue weighted by Gasteiger charge is 2.50. The SMILES string of the molecule is CC(C)(C)OC(=O)c1cnn(C(CO[Si](c2ccccc2)(c2ccccc2)C(C)(C)C)c2ccc(N3CC4CC4C3)nc2)c1. The van der Waals surface area contributed by atoms with Gasteiger partial charge in [-0.25, -0.2) is 9.78 Å². The van der Waals surface area contributed by atoms with Crippen molar-refractivity contribution >= 4 is 30.5 Å². The summed E-state index contributed by atoms with van der Waals surface area (Å²) in [6.45, 7) is 15.0. The number of carbonyl (C=O) groups is 1. The maximum atomic E-state index is 13.0. The molecular weight excluding hydrogens is 565 g/mol. The Hall–Kier alpha value is -3.75. The molecule has 0 radical (unpaired) electrons. The lowest BCUT2D eigenvalue weighted by Crippen LogP contribution is -2.67. The van der Waals surface area contributed by atoms with Gasteiger partial charge in [-0.2, -0.15) is 5.10 Å². The topological polar surface area (TPSA) is 69.5 Å². The van der Waals surface area contributed by atoms with Crippen LogP contribution in [0, 0.1) is 11.8 Å². The summed E-state index contributed by atoms with van der Waals surface area (Å²) in [7, 11) is -2.82. The van der Waals surface area contributed by atoms with Crippen molar-refractivity contribution in [3.63, 3.8) is 0 Å². The van der Waals surface area contributed by atoms with Crippen LogP contribution in [-0.2, 0) is 9.16 Å². The smallest absolute Gasteiger partial charge is 0.341 e. The highest BCUT2D eigenvalue weighted by atomic mass is 28.4. The number of hydrogen-bond acceptors (Lipinski definition) is 6. The van der Waals surface area contributed by atoms with Gasteiger partial charge in [-0.05, 0) is 66.1 Å². The van der Waals surface area contributed by atoms with Crippen LogP contribution in [0.3, 0.4) is 0 Å². The molecule has 2 aromatic heterocycles. The quantitative estimate of drug-likeness (QED) is 0.175. The van der Waals surface area contributed by atoms with Gasteiger partial charge in [-0.15, -0.1) is 0 Å². The van der Waals surface area contributed by atoms with E-state index in [-0.39, 0.29) is 11.1 Å². The van der Waals surface area contributed by atoms with E-state index < -0.39 is 19.9 Å². The number of pyridine rings is 1. The highest BCUT2D eigenvalue weighted by molar-refractivity contribution is 6.99. The fourth-order valence-electron chi connectivity index (χ4n) is 6.61. The van der Waals surface area contributed by atoms with Crippen LogP contribution in [0.25, 0.3) is 0 Å². The van der Waals surface area contributed by atoms with Crippen molar-refractivity contribution in [2.45, 2.75) is 64.6 Å². The van der Waals surface area contributed by atoms with Crippen LogP contribution >= 0.6 is 0 Å². The van der Waals surface area contributed by atoms with Crippen LogP contribution in [0.4, 0.5) is 5.82 Å². The average molecular weight is 609 g/mol. The fourth-order valence-corrected chi connectivity index (χ4v) is 11.2. The molecule has 2 aliphatic rings. The van der Waals surface area contributed by atoms with Crippen molar-refractivity contribution in [3.05, 3.63) is 103 Å². The Kier molecular flexibility index (Phi) is 8.01. The number of fused-ring (bicyclic) bond motifs is 1. The zero-order valence-corrected chi connectivity index (χ0v) is 27.7. The minimum Gasteiger partial charge on any atom is -0.456 e. The van der Waals surface area contributed by atoms with Crippen LogP contribution in [0.1, 0.15) is 69.9 Å². The van der Waals surface area contributed by atoms with Gasteiger partial charge >= 0.3 is 5.97 Å². The molecule has 1 saturated carbocycles. The largest absolute Gasteiger partial charge is 0.456 e. The van der Waals surface area contributed by atoms with Crippen molar-refractivity contribution < 1.29 is 14.0 Å². The highest BCUT2D eigenvalue weighted by Crippen LogP contribution is 2.46. The molecule has 7 nitrogen and oxygen atoms in total. The maximum Gasteiger partial charge on any atom is 0.341 e. The van der Waals surface area contributed by atoms with Crippen LogP contribution in [0.5, 0.6) is 0 Å². The van der Waals surface area contributed by atoms with Gasteiger partial charge in [0, 0.05) is 25.5 Å². The first-order valence-corrected chi connectivity index (χ1v) is 17.6. The Balaban J connectivity index is 1.37. The fraction of sp³-hybridized carbons (Fsp3) is 0.417. The van der Waals surface area contributed by atoms with E-state index in [9.17, 15) is 4.79 Å². The molecule has 44 heavy (non-hydrogen) atoms. The molecule has 230 valence electrons. The van der Waals surface area contributed by atoms with Crippen LogP contribution < -0.4 is 15.3 Å². The number of anilines is 1. The summed E-state index contributed by atoms with van der Waals surface area (Å²) in [5.74, 6) is 2.29. The van der Waals surface area contributed by atoms with Gasteiger partial charge in [0.25, 0.3) is 8.32 Å². The summed E-state index contributed by atoms with van der Waals surface area (Å²) < 4.78 is 14.8. The summed E-state index contributed by atoms with van der Waals surface area (Å²) in [6.07, 6.45) is 6.67. The molecule has 1 aliphatic carbocycles. The second kappa shape index (κ2) is 11.6. The number of piperidine rings is 1. The van der Waals surface area contributed by atoms with Crippen molar-refractivity contribution in [1.82, 2.24) is 14.8 Å². The summed E-state index contributed by atoms with van der Waals surface area (Å²) >= 11 is 0. The minimum atomic E-state index is -2.82. The van der Waals surface area contributed by atoms with Crippen molar-refractivity contribution in [3.8, 4) is 0 Å². The molecule has 0 bridgehead atoms. The van der Waals surface area contributed by atoms with Gasteiger partial charge in [0.15, 0.2) is 0 Å². The lowest BCUT2D eigenvalue weighted by molar-refractivity contribution is 0.00693. The third-order valence-corrected chi connectivity index (χ3v) is 13.9. The third kappa shape index (κ3) is 6.10. The van der Waals surface area contributed by atoms with Gasteiger partial charge in [-0.1, -0.05) is 87.5 Å². The predicted octanol–water partition coefficient (Wildman–Crippen LogP) is 5.86. The second-order valence-electron chi connectivity index (χ2n) is 14.3. The minimum absolute atomic E-state index is 0.176. The molecule has 3 unspecified atom stereocenters. The molecule has 2 aromatic carbocycles. The molecular formula is C36H44N4O3Si. The number of ether oxygens (including phenoxy) is 1. The standard InChI is InChI=1S/C36H44N4O3Si/c1-35(2,3)43-34(41)29-21-38-40(24-29)32(26-17-18-33(37-20-26)39-22-27-19-28(27)23-39)25-42-44(36(4,5)6,30-13-9-7-10-14-30)31-15-11-8-12-16-31/h7-18,20-21,24,27-28,32H,19,22-23,25H2,1-6H3. The van der Waals surface area contributed by atoms with E-state index in [0.29, 0.717) is 12.2 Å². The van der Waals surface area contributed by atoms with E-state index in [1.54, 1.807) is 12.4 Å². The normalized spacial score (nSPS) is 19.0. The van der Waals surface area contributed by atoms with Crippen LogP contribution in [0.2, 0.25) is 5.04 Å². The second-order valence-corrected chi connectivity index (χ2v) is 18.6. The Morgan fingerprint density at radius 1 is 0.886 bits per heavy atom. The molecule has 8 heteroatoms. The zero-order chi connectivity index (χ0) is 31.1. The molecule has 0 spiro atoms. The number of aromatic nitrogens is 3. The predicted molar refractivity (Wildman–Crippen MR) is 177 cm³/mol. The first-order chi connectivity index (χ1) is 20.9. The van der Waals surface area contributed by atoms with Crippen LogP contribution in [-0.4, -0.2) is 54.3 Å². The maximum absolute atomic E-state index is 13.0. The third-order valence-electron chi connectivity index (χ3n) is 8.89. The Morgan fingerprint density at radius 2 is 1.50 bits per heavy atom. The van der Waals surface area contributed by atoms with Crippen molar-refractivity contribution in [2.75, 3.05) is 24.6 Å². The lowest BCUT2D eigenvalue weighted by Gasteiger charge is -2.43. The van der Waals surface area contributed by atoms with E-state index in [2.05, 4.69) is 104 Å². The molecule has 0 N–H and O–H groups in total. The van der Waals surface area contributed by atoms with Crippen molar-refractivity contribution in [2.24, 2.45) is 11.8 Å². The number of benzene rings is 2. The number of carbonyl (C=O) groups excluding carboxylic acids is 1.